The van der Waals surface area contributed by atoms with Crippen LogP contribution in [0.25, 0.3) is 5.65 Å². The topological polar surface area (TPSA) is 77.8 Å². The molecule has 0 spiro atoms. The number of nitrogens with zero attached hydrogens (tertiary/aromatic N) is 3. The molecule has 1 aromatic carbocycles. The molecule has 1 saturated carbocycles. The summed E-state index contributed by atoms with van der Waals surface area (Å²) in [6.45, 7) is 4.37. The fraction of sp³-hybridized carbons (Fsp3) is 0.387. The quantitative estimate of drug-likeness (QED) is 0.248. The Kier molecular flexibility index (Phi) is 9.99. The van der Waals surface area contributed by atoms with Gasteiger partial charge in [0.1, 0.15) is 22.9 Å². The van der Waals surface area contributed by atoms with Gasteiger partial charge in [0.15, 0.2) is 0 Å². The number of fused-ring (bicyclic) bond motifs is 1. The van der Waals surface area contributed by atoms with Gasteiger partial charge in [0, 0.05) is 31.5 Å². The molecule has 1 N–H and O–H groups in total. The number of methoxy groups -OCH3 is 1. The number of benzene rings is 1. The second kappa shape index (κ2) is 13.6. The van der Waals surface area contributed by atoms with E-state index in [0.717, 1.165) is 24.6 Å². The van der Waals surface area contributed by atoms with Gasteiger partial charge in [0.25, 0.3) is 5.91 Å². The predicted octanol–water partition coefficient (Wildman–Crippen LogP) is 7.67. The summed E-state index contributed by atoms with van der Waals surface area (Å²) in [4.78, 5) is 21.2. The lowest BCUT2D eigenvalue weighted by atomic mass is 9.87. The highest BCUT2D eigenvalue weighted by Crippen LogP contribution is 2.33. The van der Waals surface area contributed by atoms with Gasteiger partial charge in [0.05, 0.1) is 24.0 Å². The largest absolute Gasteiger partial charge is 0.490 e. The highest BCUT2D eigenvalue weighted by Gasteiger charge is 2.32. The van der Waals surface area contributed by atoms with Crippen LogP contribution in [0.4, 0.5) is 19.0 Å². The van der Waals surface area contributed by atoms with Crippen LogP contribution in [-0.4, -0.2) is 33.5 Å². The monoisotopic (exact) mass is 568 g/mol. The maximum absolute atomic E-state index is 13.0. The SMILES string of the molecule is CC(C)Oc1cc2nc(C3CCCCC3)cn2cc1C(=O)Nc1cccc(C(F)(F)F)n1.COCc1ccccc1. The Morgan fingerprint density at radius 1 is 1.02 bits per heavy atom. The molecule has 5 rings (SSSR count). The van der Waals surface area contributed by atoms with Gasteiger partial charge >= 0.3 is 6.18 Å². The Morgan fingerprint density at radius 3 is 2.41 bits per heavy atom. The van der Waals surface area contributed by atoms with Crippen LogP contribution in [0.5, 0.6) is 5.75 Å². The number of hydrogen-bond donors (Lipinski definition) is 1. The first-order chi connectivity index (χ1) is 19.6. The van der Waals surface area contributed by atoms with Crippen molar-refractivity contribution < 1.29 is 27.4 Å². The summed E-state index contributed by atoms with van der Waals surface area (Å²) in [5, 5.41) is 2.46. The number of imidazole rings is 1. The fourth-order valence-electron chi connectivity index (χ4n) is 4.74. The number of halogens is 3. The average molecular weight is 569 g/mol. The standard InChI is InChI=1S/C23H25F3N4O2.C8H10O/c1-14(2)32-18-11-21-27-17(15-7-4-3-5-8-15)13-30(21)12-16(18)22(31)29-20-10-6-9-19(28-20)23(24,25)26;1-9-7-8-5-3-2-4-6-8/h6,9-15H,3-5,7-8H2,1-2H3,(H,28,29,31);2-6H,7H2,1H3. The number of alkyl halides is 3. The number of hydrogen-bond acceptors (Lipinski definition) is 5. The first-order valence-corrected chi connectivity index (χ1v) is 13.7. The zero-order valence-electron chi connectivity index (χ0n) is 23.4. The van der Waals surface area contributed by atoms with Crippen molar-refractivity contribution in [2.45, 2.75) is 70.8 Å². The summed E-state index contributed by atoms with van der Waals surface area (Å²) in [6.07, 6.45) is 4.50. The molecule has 7 nitrogen and oxygen atoms in total. The smallest absolute Gasteiger partial charge is 0.433 e. The van der Waals surface area contributed by atoms with Crippen LogP contribution in [0, 0.1) is 0 Å². The van der Waals surface area contributed by atoms with Crippen molar-refractivity contribution >= 4 is 17.4 Å². The molecule has 0 unspecified atom stereocenters. The molecule has 1 amide bonds. The lowest BCUT2D eigenvalue weighted by Crippen LogP contribution is -2.18. The van der Waals surface area contributed by atoms with Gasteiger partial charge < -0.3 is 19.2 Å². The summed E-state index contributed by atoms with van der Waals surface area (Å²) >= 11 is 0. The lowest BCUT2D eigenvalue weighted by molar-refractivity contribution is -0.141. The van der Waals surface area contributed by atoms with Gasteiger partial charge in [-0.15, -0.1) is 0 Å². The van der Waals surface area contributed by atoms with E-state index in [1.807, 2.05) is 50.4 Å². The van der Waals surface area contributed by atoms with E-state index in [0.29, 0.717) is 23.9 Å². The van der Waals surface area contributed by atoms with Crippen molar-refractivity contribution in [1.29, 1.82) is 0 Å². The molecule has 0 radical (unpaired) electrons. The first kappa shape index (κ1) is 30.0. The Balaban J connectivity index is 0.000000367. The van der Waals surface area contributed by atoms with Gasteiger partial charge in [0.2, 0.25) is 0 Å². The van der Waals surface area contributed by atoms with Gasteiger partial charge in [-0.3, -0.25) is 4.79 Å². The molecule has 0 bridgehead atoms. The van der Waals surface area contributed by atoms with Gasteiger partial charge in [-0.25, -0.2) is 9.97 Å². The number of rotatable bonds is 7. The minimum atomic E-state index is -4.60. The van der Waals surface area contributed by atoms with Crippen molar-refractivity contribution in [2.24, 2.45) is 0 Å². The molecule has 0 aliphatic heterocycles. The van der Waals surface area contributed by atoms with Crippen molar-refractivity contribution in [3.63, 3.8) is 0 Å². The first-order valence-electron chi connectivity index (χ1n) is 13.7. The number of carbonyl (C=O) groups excluding carboxylic acids is 1. The number of carbonyl (C=O) groups is 1. The zero-order chi connectivity index (χ0) is 29.4. The third kappa shape index (κ3) is 8.29. The summed E-state index contributed by atoms with van der Waals surface area (Å²) in [7, 11) is 1.70. The number of nitrogens with one attached hydrogen (secondary N) is 1. The molecule has 1 aliphatic rings. The zero-order valence-corrected chi connectivity index (χ0v) is 23.4. The summed E-state index contributed by atoms with van der Waals surface area (Å²) < 4.78 is 51.4. The number of anilines is 1. The number of pyridine rings is 2. The van der Waals surface area contributed by atoms with Crippen LogP contribution in [0.2, 0.25) is 0 Å². The minimum absolute atomic E-state index is 0.186. The van der Waals surface area contributed by atoms with E-state index in [2.05, 4.69) is 10.3 Å². The van der Waals surface area contributed by atoms with Crippen LogP contribution >= 0.6 is 0 Å². The molecular formula is C31H35F3N4O3. The summed E-state index contributed by atoms with van der Waals surface area (Å²) in [6, 6.07) is 15.2. The summed E-state index contributed by atoms with van der Waals surface area (Å²) in [5.41, 5.74) is 1.99. The van der Waals surface area contributed by atoms with E-state index in [4.69, 9.17) is 14.5 Å². The third-order valence-corrected chi connectivity index (χ3v) is 6.64. The number of ether oxygens (including phenoxy) is 2. The van der Waals surface area contributed by atoms with Gasteiger partial charge in [-0.2, -0.15) is 13.2 Å². The molecule has 10 heteroatoms. The summed E-state index contributed by atoms with van der Waals surface area (Å²) in [5.74, 6) is -0.0845. The van der Waals surface area contributed by atoms with E-state index in [9.17, 15) is 18.0 Å². The van der Waals surface area contributed by atoms with Gasteiger partial charge in [-0.05, 0) is 44.4 Å². The average Bonchev–Trinajstić information content (AvgIpc) is 3.37. The number of amides is 1. The highest BCUT2D eigenvalue weighted by molar-refractivity contribution is 6.05. The van der Waals surface area contributed by atoms with Crippen molar-refractivity contribution in [1.82, 2.24) is 14.4 Å². The molecule has 4 aromatic rings. The molecule has 3 aromatic heterocycles. The van der Waals surface area contributed by atoms with Crippen molar-refractivity contribution in [3.8, 4) is 5.75 Å². The number of aromatic nitrogens is 3. The van der Waals surface area contributed by atoms with E-state index in [1.165, 1.54) is 37.0 Å². The van der Waals surface area contributed by atoms with Gasteiger partial charge in [-0.1, -0.05) is 55.7 Å². The molecule has 41 heavy (non-hydrogen) atoms. The van der Waals surface area contributed by atoms with Crippen molar-refractivity contribution in [3.05, 3.63) is 89.5 Å². The molecule has 1 aliphatic carbocycles. The Labute approximate surface area is 237 Å². The van der Waals surface area contributed by atoms with Crippen LogP contribution < -0.4 is 10.1 Å². The minimum Gasteiger partial charge on any atom is -0.490 e. The van der Waals surface area contributed by atoms with Crippen LogP contribution in [0.15, 0.2) is 67.0 Å². The van der Waals surface area contributed by atoms with E-state index < -0.39 is 17.8 Å². The van der Waals surface area contributed by atoms with Crippen molar-refractivity contribution in [2.75, 3.05) is 12.4 Å². The second-order valence-electron chi connectivity index (χ2n) is 10.3. The lowest BCUT2D eigenvalue weighted by Gasteiger charge is -2.19. The van der Waals surface area contributed by atoms with Crippen LogP contribution in [0.3, 0.4) is 0 Å². The molecular weight excluding hydrogens is 533 g/mol. The molecule has 0 atom stereocenters. The van der Waals surface area contributed by atoms with Crippen LogP contribution in [0.1, 0.15) is 79.2 Å². The normalized spacial score (nSPS) is 14.0. The maximum atomic E-state index is 13.0. The fourth-order valence-corrected chi connectivity index (χ4v) is 4.74. The molecule has 3 heterocycles. The molecule has 218 valence electrons. The maximum Gasteiger partial charge on any atom is 0.433 e. The predicted molar refractivity (Wildman–Crippen MR) is 151 cm³/mol. The Morgan fingerprint density at radius 2 is 1.76 bits per heavy atom. The highest BCUT2D eigenvalue weighted by atomic mass is 19.4. The Bertz CT molecular complexity index is 1430. The Hall–Kier alpha value is -3.92. The van der Waals surface area contributed by atoms with E-state index in [1.54, 1.807) is 23.8 Å². The molecule has 0 saturated heterocycles. The van der Waals surface area contributed by atoms with Crippen LogP contribution in [-0.2, 0) is 17.5 Å². The van der Waals surface area contributed by atoms with E-state index in [-0.39, 0.29) is 17.5 Å². The molecule has 1 fully saturated rings. The second-order valence-corrected chi connectivity index (χ2v) is 10.3. The van der Waals surface area contributed by atoms with E-state index >= 15 is 0 Å². The third-order valence-electron chi connectivity index (χ3n) is 6.64.